The first-order valence-electron chi connectivity index (χ1n) is 10.9. The normalized spacial score (nSPS) is 22.0. The van der Waals surface area contributed by atoms with Gasteiger partial charge in [-0.25, -0.2) is 0 Å². The molecule has 2 heterocycles. The van der Waals surface area contributed by atoms with Crippen molar-refractivity contribution in [3.05, 3.63) is 71.8 Å². The number of hydrogen-bond donors (Lipinski definition) is 0. The van der Waals surface area contributed by atoms with Crippen LogP contribution in [-0.2, 0) is 16.0 Å². The topological polar surface area (TPSA) is 32.8 Å². The Morgan fingerprint density at radius 3 is 2.47 bits per heavy atom. The van der Waals surface area contributed by atoms with Gasteiger partial charge in [0.15, 0.2) is 0 Å². The predicted molar refractivity (Wildman–Crippen MR) is 121 cm³/mol. The summed E-state index contributed by atoms with van der Waals surface area (Å²) in [5.74, 6) is 0.242. The van der Waals surface area contributed by atoms with Crippen LogP contribution in [0.5, 0.6) is 0 Å². The molecule has 2 aliphatic rings. The van der Waals surface area contributed by atoms with Gasteiger partial charge < -0.3 is 9.64 Å². The summed E-state index contributed by atoms with van der Waals surface area (Å²) in [6.45, 7) is 4.23. The fourth-order valence-corrected chi connectivity index (χ4v) is 4.80. The molecule has 0 saturated carbocycles. The number of hydrogen-bond acceptors (Lipinski definition) is 3. The molecule has 1 saturated heterocycles. The minimum atomic E-state index is -0.353. The van der Waals surface area contributed by atoms with Crippen molar-refractivity contribution in [2.75, 3.05) is 46.9 Å². The van der Waals surface area contributed by atoms with Crippen LogP contribution in [0.15, 0.2) is 66.2 Å². The zero-order chi connectivity index (χ0) is 21.0. The zero-order valence-electron chi connectivity index (χ0n) is 18.1. The van der Waals surface area contributed by atoms with Crippen molar-refractivity contribution in [3.8, 4) is 11.1 Å². The van der Waals surface area contributed by atoms with Gasteiger partial charge in [-0.05, 0) is 48.1 Å². The molecule has 4 heteroatoms. The second kappa shape index (κ2) is 9.15. The van der Waals surface area contributed by atoms with Crippen LogP contribution in [0.1, 0.15) is 18.4 Å². The minimum Gasteiger partial charge on any atom is -0.377 e. The fraction of sp³-hybridized carbons (Fsp3) is 0.423. The molecule has 2 aromatic carbocycles. The third-order valence-electron chi connectivity index (χ3n) is 6.31. The van der Waals surface area contributed by atoms with Gasteiger partial charge in [-0.15, -0.1) is 0 Å². The standard InChI is InChI=1S/C26H32N2O2/c1-27(2)25(29)26(14-15-28(20-26)18-22-7-6-16-30-19-22)17-21-10-12-24(13-11-21)23-8-4-3-5-9-23/h3-5,7-13H,6,14-20H2,1-2H3/t26-/m0/s1. The van der Waals surface area contributed by atoms with E-state index in [1.54, 1.807) is 4.90 Å². The van der Waals surface area contributed by atoms with Gasteiger partial charge in [0.05, 0.1) is 18.6 Å². The molecular formula is C26H32N2O2. The monoisotopic (exact) mass is 404 g/mol. The summed E-state index contributed by atoms with van der Waals surface area (Å²) in [6, 6.07) is 19.2. The van der Waals surface area contributed by atoms with Gasteiger partial charge in [0.1, 0.15) is 0 Å². The van der Waals surface area contributed by atoms with Crippen LogP contribution >= 0.6 is 0 Å². The average molecular weight is 405 g/mol. The van der Waals surface area contributed by atoms with Crippen molar-refractivity contribution < 1.29 is 9.53 Å². The maximum Gasteiger partial charge on any atom is 0.229 e. The second-order valence-corrected chi connectivity index (χ2v) is 8.88. The summed E-state index contributed by atoms with van der Waals surface area (Å²) in [6.07, 6.45) is 4.99. The van der Waals surface area contributed by atoms with E-state index in [0.29, 0.717) is 0 Å². The summed E-state index contributed by atoms with van der Waals surface area (Å²) in [5, 5.41) is 0. The third-order valence-corrected chi connectivity index (χ3v) is 6.31. The first-order chi connectivity index (χ1) is 14.6. The summed E-state index contributed by atoms with van der Waals surface area (Å²) >= 11 is 0. The number of benzene rings is 2. The van der Waals surface area contributed by atoms with Crippen LogP contribution in [0.4, 0.5) is 0 Å². The summed E-state index contributed by atoms with van der Waals surface area (Å²) in [7, 11) is 3.76. The Hall–Kier alpha value is -2.43. The van der Waals surface area contributed by atoms with E-state index in [-0.39, 0.29) is 11.3 Å². The molecule has 0 bridgehead atoms. The van der Waals surface area contributed by atoms with E-state index in [2.05, 4.69) is 59.5 Å². The molecular weight excluding hydrogens is 372 g/mol. The zero-order valence-corrected chi connectivity index (χ0v) is 18.1. The number of ether oxygens (including phenoxy) is 1. The Morgan fingerprint density at radius 2 is 1.80 bits per heavy atom. The molecule has 0 spiro atoms. The minimum absolute atomic E-state index is 0.242. The third kappa shape index (κ3) is 4.66. The molecule has 4 rings (SSSR count). The maximum atomic E-state index is 13.3. The predicted octanol–water partition coefficient (Wildman–Crippen LogP) is 4.02. The van der Waals surface area contributed by atoms with Gasteiger partial charge in [-0.3, -0.25) is 9.69 Å². The highest BCUT2D eigenvalue weighted by atomic mass is 16.5. The molecule has 2 aliphatic heterocycles. The molecule has 0 aliphatic carbocycles. The van der Waals surface area contributed by atoms with Crippen molar-refractivity contribution in [1.29, 1.82) is 0 Å². The molecule has 0 aromatic heterocycles. The lowest BCUT2D eigenvalue weighted by Crippen LogP contribution is -2.44. The summed E-state index contributed by atoms with van der Waals surface area (Å²) < 4.78 is 5.60. The van der Waals surface area contributed by atoms with Crippen LogP contribution in [-0.4, -0.2) is 62.7 Å². The largest absolute Gasteiger partial charge is 0.377 e. The molecule has 158 valence electrons. The van der Waals surface area contributed by atoms with Crippen molar-refractivity contribution in [3.63, 3.8) is 0 Å². The molecule has 0 unspecified atom stereocenters. The van der Waals surface area contributed by atoms with Crippen molar-refractivity contribution in [2.24, 2.45) is 5.41 Å². The lowest BCUT2D eigenvalue weighted by atomic mass is 9.79. The van der Waals surface area contributed by atoms with E-state index in [4.69, 9.17) is 4.74 Å². The van der Waals surface area contributed by atoms with E-state index in [1.807, 2.05) is 20.2 Å². The van der Waals surface area contributed by atoms with E-state index in [0.717, 1.165) is 52.1 Å². The Balaban J connectivity index is 1.50. The fourth-order valence-electron chi connectivity index (χ4n) is 4.80. The Morgan fingerprint density at radius 1 is 1.07 bits per heavy atom. The van der Waals surface area contributed by atoms with Crippen LogP contribution in [0.25, 0.3) is 11.1 Å². The highest BCUT2D eigenvalue weighted by Gasteiger charge is 2.45. The summed E-state index contributed by atoms with van der Waals surface area (Å²) in [4.78, 5) is 17.5. The SMILES string of the molecule is CN(C)C(=O)[C@]1(Cc2ccc(-c3ccccc3)cc2)CCN(CC2=CCCOC2)C1. The number of carbonyl (C=O) groups is 1. The van der Waals surface area contributed by atoms with Gasteiger partial charge >= 0.3 is 0 Å². The van der Waals surface area contributed by atoms with Crippen LogP contribution in [0.3, 0.4) is 0 Å². The number of nitrogens with zero attached hydrogens (tertiary/aromatic N) is 2. The molecule has 0 radical (unpaired) electrons. The average Bonchev–Trinajstić information content (AvgIpc) is 3.18. The first kappa shape index (κ1) is 20.8. The van der Waals surface area contributed by atoms with Gasteiger partial charge in [0.25, 0.3) is 0 Å². The van der Waals surface area contributed by atoms with Crippen LogP contribution in [0.2, 0.25) is 0 Å². The molecule has 4 nitrogen and oxygen atoms in total. The van der Waals surface area contributed by atoms with E-state index >= 15 is 0 Å². The smallest absolute Gasteiger partial charge is 0.229 e. The highest BCUT2D eigenvalue weighted by Crippen LogP contribution is 2.37. The lowest BCUT2D eigenvalue weighted by Gasteiger charge is -2.31. The van der Waals surface area contributed by atoms with Crippen LogP contribution < -0.4 is 0 Å². The Bertz CT molecular complexity index is 889. The Kier molecular flexibility index (Phi) is 6.35. The molecule has 1 amide bonds. The van der Waals surface area contributed by atoms with Gasteiger partial charge in [0.2, 0.25) is 5.91 Å². The number of likely N-dealkylation sites (tertiary alicyclic amines) is 1. The number of carbonyl (C=O) groups excluding carboxylic acids is 1. The lowest BCUT2D eigenvalue weighted by molar-refractivity contribution is -0.138. The Labute approximate surface area is 180 Å². The molecule has 1 fully saturated rings. The highest BCUT2D eigenvalue weighted by molar-refractivity contribution is 5.83. The molecule has 0 N–H and O–H groups in total. The maximum absolute atomic E-state index is 13.3. The van der Waals surface area contributed by atoms with E-state index in [1.165, 1.54) is 22.3 Å². The van der Waals surface area contributed by atoms with Crippen LogP contribution in [0, 0.1) is 5.41 Å². The van der Waals surface area contributed by atoms with Gasteiger partial charge in [0, 0.05) is 27.2 Å². The van der Waals surface area contributed by atoms with Crippen molar-refractivity contribution >= 4 is 5.91 Å². The number of amides is 1. The van der Waals surface area contributed by atoms with Crippen molar-refractivity contribution in [2.45, 2.75) is 19.3 Å². The first-order valence-corrected chi connectivity index (χ1v) is 10.9. The van der Waals surface area contributed by atoms with Gasteiger partial charge in [-0.2, -0.15) is 0 Å². The molecule has 30 heavy (non-hydrogen) atoms. The molecule has 2 aromatic rings. The number of rotatable bonds is 6. The molecule has 1 atom stereocenters. The summed E-state index contributed by atoms with van der Waals surface area (Å²) in [5.41, 5.74) is 4.66. The second-order valence-electron chi connectivity index (χ2n) is 8.88. The van der Waals surface area contributed by atoms with E-state index in [9.17, 15) is 4.79 Å². The van der Waals surface area contributed by atoms with Gasteiger partial charge in [-0.1, -0.05) is 60.7 Å². The quantitative estimate of drug-likeness (QED) is 0.682. The van der Waals surface area contributed by atoms with E-state index < -0.39 is 0 Å². The van der Waals surface area contributed by atoms with Crippen molar-refractivity contribution in [1.82, 2.24) is 9.80 Å².